The molecule has 1 aromatic rings. The highest BCUT2D eigenvalue weighted by Crippen LogP contribution is 2.29. The van der Waals surface area contributed by atoms with Crippen LogP contribution in [0.3, 0.4) is 0 Å². The summed E-state index contributed by atoms with van der Waals surface area (Å²) in [7, 11) is 3.10. The Morgan fingerprint density at radius 3 is 2.41 bits per heavy atom. The first-order chi connectivity index (χ1) is 8.02. The normalized spacial score (nSPS) is 12.2. The van der Waals surface area contributed by atoms with E-state index in [0.29, 0.717) is 0 Å². The second kappa shape index (κ2) is 5.68. The van der Waals surface area contributed by atoms with E-state index in [0.717, 1.165) is 22.4 Å². The van der Waals surface area contributed by atoms with Crippen molar-refractivity contribution in [1.29, 1.82) is 0 Å². The van der Waals surface area contributed by atoms with E-state index in [2.05, 4.69) is 0 Å². The van der Waals surface area contributed by atoms with Gasteiger partial charge >= 0.3 is 5.97 Å². The summed E-state index contributed by atoms with van der Waals surface area (Å²) >= 11 is 0. The molecule has 0 aliphatic carbocycles. The Morgan fingerprint density at radius 1 is 1.29 bits per heavy atom. The highest BCUT2D eigenvalue weighted by molar-refractivity contribution is 5.77. The number of hydrogen-bond acceptors (Lipinski definition) is 3. The lowest BCUT2D eigenvalue weighted by molar-refractivity contribution is -0.140. The summed E-state index contributed by atoms with van der Waals surface area (Å²) in [4.78, 5) is 11.2. The summed E-state index contributed by atoms with van der Waals surface area (Å²) in [6, 6.07) is 3.59. The third-order valence-electron chi connectivity index (χ3n) is 3.01. The molecule has 0 fully saturated rings. The number of benzene rings is 1. The van der Waals surface area contributed by atoms with Crippen LogP contribution in [-0.4, -0.2) is 31.9 Å². The molecular formula is C13H18O4. The Morgan fingerprint density at radius 2 is 1.94 bits per heavy atom. The number of carbonyl (C=O) groups is 1. The van der Waals surface area contributed by atoms with E-state index in [1.807, 2.05) is 13.8 Å². The molecule has 1 rings (SSSR count). The molecule has 0 saturated heterocycles. The summed E-state index contributed by atoms with van der Waals surface area (Å²) in [5.41, 5.74) is 2.68. The number of carboxylic acid groups (broad SMARTS) is 1. The molecule has 0 aliphatic heterocycles. The van der Waals surface area contributed by atoms with Crippen LogP contribution in [0.25, 0.3) is 0 Å². The van der Waals surface area contributed by atoms with E-state index in [1.54, 1.807) is 19.2 Å². The molecule has 4 heteroatoms. The highest BCUT2D eigenvalue weighted by Gasteiger charge is 2.22. The Hall–Kier alpha value is -1.55. The van der Waals surface area contributed by atoms with Gasteiger partial charge in [-0.1, -0.05) is 6.07 Å². The summed E-state index contributed by atoms with van der Waals surface area (Å²) in [5.74, 6) is -0.739. The summed E-state index contributed by atoms with van der Waals surface area (Å²) in [5, 5.41) is 9.19. The zero-order valence-electron chi connectivity index (χ0n) is 10.6. The molecule has 0 radical (unpaired) electrons. The van der Waals surface area contributed by atoms with Gasteiger partial charge in [0.2, 0.25) is 0 Å². The fourth-order valence-corrected chi connectivity index (χ4v) is 1.88. The number of ether oxygens (including phenoxy) is 2. The number of hydrogen-bond donors (Lipinski definition) is 1. The molecule has 0 spiro atoms. The van der Waals surface area contributed by atoms with Crippen molar-refractivity contribution >= 4 is 5.97 Å². The monoisotopic (exact) mass is 238 g/mol. The maximum Gasteiger partial charge on any atom is 0.313 e. The van der Waals surface area contributed by atoms with Crippen molar-refractivity contribution < 1.29 is 19.4 Å². The Labute approximate surface area is 101 Å². The van der Waals surface area contributed by atoms with Gasteiger partial charge in [-0.05, 0) is 36.6 Å². The fourth-order valence-electron chi connectivity index (χ4n) is 1.88. The fraction of sp³-hybridized carbons (Fsp3) is 0.462. The van der Waals surface area contributed by atoms with Crippen LogP contribution >= 0.6 is 0 Å². The van der Waals surface area contributed by atoms with Crippen molar-refractivity contribution in [1.82, 2.24) is 0 Å². The first-order valence-corrected chi connectivity index (χ1v) is 5.38. The molecular weight excluding hydrogens is 220 g/mol. The molecule has 1 N–H and O–H groups in total. The van der Waals surface area contributed by atoms with E-state index >= 15 is 0 Å². The van der Waals surface area contributed by atoms with Crippen LogP contribution in [0.2, 0.25) is 0 Å². The molecule has 0 heterocycles. The maximum absolute atomic E-state index is 11.2. The summed E-state index contributed by atoms with van der Waals surface area (Å²) < 4.78 is 10.2. The topological polar surface area (TPSA) is 55.8 Å². The Bertz CT molecular complexity index is 412. The number of carboxylic acids is 1. The van der Waals surface area contributed by atoms with Crippen LogP contribution in [0.4, 0.5) is 0 Å². The van der Waals surface area contributed by atoms with Gasteiger partial charge in [0.15, 0.2) is 0 Å². The predicted molar refractivity (Wildman–Crippen MR) is 64.7 cm³/mol. The first-order valence-electron chi connectivity index (χ1n) is 5.38. The molecule has 4 nitrogen and oxygen atoms in total. The van der Waals surface area contributed by atoms with Gasteiger partial charge in [-0.15, -0.1) is 0 Å². The van der Waals surface area contributed by atoms with Crippen molar-refractivity contribution in [2.45, 2.75) is 19.8 Å². The van der Waals surface area contributed by atoms with E-state index < -0.39 is 11.9 Å². The zero-order chi connectivity index (χ0) is 13.0. The SMILES string of the molecule is COCC(C(=O)O)c1ccc(OC)c(C)c1C. The van der Waals surface area contributed by atoms with Crippen LogP contribution in [0.1, 0.15) is 22.6 Å². The molecule has 0 aromatic heterocycles. The van der Waals surface area contributed by atoms with Crippen molar-refractivity contribution in [3.8, 4) is 5.75 Å². The standard InChI is InChI=1S/C13H18O4/c1-8-9(2)12(17-4)6-5-10(8)11(7-16-3)13(14)15/h5-6,11H,7H2,1-4H3,(H,14,15). The maximum atomic E-state index is 11.2. The molecule has 0 saturated carbocycles. The van der Waals surface area contributed by atoms with Crippen LogP contribution in [0.5, 0.6) is 5.75 Å². The third-order valence-corrected chi connectivity index (χ3v) is 3.01. The largest absolute Gasteiger partial charge is 0.496 e. The minimum Gasteiger partial charge on any atom is -0.496 e. The van der Waals surface area contributed by atoms with Crippen LogP contribution in [0, 0.1) is 13.8 Å². The zero-order valence-corrected chi connectivity index (χ0v) is 10.6. The smallest absolute Gasteiger partial charge is 0.313 e. The average molecular weight is 238 g/mol. The van der Waals surface area contributed by atoms with Gasteiger partial charge in [0.05, 0.1) is 13.7 Å². The molecule has 0 amide bonds. The van der Waals surface area contributed by atoms with Gasteiger partial charge in [-0.25, -0.2) is 0 Å². The quantitative estimate of drug-likeness (QED) is 0.853. The van der Waals surface area contributed by atoms with Crippen molar-refractivity contribution in [3.05, 3.63) is 28.8 Å². The van der Waals surface area contributed by atoms with E-state index in [4.69, 9.17) is 9.47 Å². The Kier molecular flexibility index (Phi) is 4.52. The predicted octanol–water partition coefficient (Wildman–Crippen LogP) is 2.13. The number of aliphatic carboxylic acids is 1. The lowest BCUT2D eigenvalue weighted by Crippen LogP contribution is -2.18. The van der Waals surface area contributed by atoms with Gasteiger partial charge in [-0.2, -0.15) is 0 Å². The minimum absolute atomic E-state index is 0.169. The molecule has 94 valence electrons. The van der Waals surface area contributed by atoms with Gasteiger partial charge in [-0.3, -0.25) is 4.79 Å². The van der Waals surface area contributed by atoms with Crippen molar-refractivity contribution in [3.63, 3.8) is 0 Å². The van der Waals surface area contributed by atoms with E-state index in [9.17, 15) is 9.90 Å². The average Bonchev–Trinajstić information content (AvgIpc) is 2.30. The third kappa shape index (κ3) is 2.77. The molecule has 0 bridgehead atoms. The van der Waals surface area contributed by atoms with Gasteiger partial charge < -0.3 is 14.6 Å². The van der Waals surface area contributed by atoms with Gasteiger partial charge in [0.1, 0.15) is 11.7 Å². The van der Waals surface area contributed by atoms with Crippen molar-refractivity contribution in [2.24, 2.45) is 0 Å². The van der Waals surface area contributed by atoms with Crippen LogP contribution < -0.4 is 4.74 Å². The lowest BCUT2D eigenvalue weighted by atomic mass is 9.92. The Balaban J connectivity index is 3.21. The minimum atomic E-state index is -0.875. The number of methoxy groups -OCH3 is 2. The lowest BCUT2D eigenvalue weighted by Gasteiger charge is -2.17. The second-order valence-electron chi connectivity index (χ2n) is 3.95. The van der Waals surface area contributed by atoms with Crippen LogP contribution in [-0.2, 0) is 9.53 Å². The molecule has 0 aliphatic rings. The summed E-state index contributed by atoms with van der Waals surface area (Å²) in [6.45, 7) is 3.99. The molecule has 1 aromatic carbocycles. The molecule has 1 unspecified atom stereocenters. The molecule has 17 heavy (non-hydrogen) atoms. The van der Waals surface area contributed by atoms with Gasteiger partial charge in [0, 0.05) is 7.11 Å². The highest BCUT2D eigenvalue weighted by atomic mass is 16.5. The summed E-state index contributed by atoms with van der Waals surface area (Å²) in [6.07, 6.45) is 0. The van der Waals surface area contributed by atoms with Crippen LogP contribution in [0.15, 0.2) is 12.1 Å². The van der Waals surface area contributed by atoms with E-state index in [1.165, 1.54) is 7.11 Å². The second-order valence-corrected chi connectivity index (χ2v) is 3.95. The number of rotatable bonds is 5. The first kappa shape index (κ1) is 13.5. The molecule has 1 atom stereocenters. The van der Waals surface area contributed by atoms with E-state index in [-0.39, 0.29) is 6.61 Å². The van der Waals surface area contributed by atoms with Crippen molar-refractivity contribution in [2.75, 3.05) is 20.8 Å². The van der Waals surface area contributed by atoms with Gasteiger partial charge in [0.25, 0.3) is 0 Å².